The fourth-order valence-electron chi connectivity index (χ4n) is 1.34. The van der Waals surface area contributed by atoms with Crippen molar-refractivity contribution in [2.45, 2.75) is 32.4 Å². The lowest BCUT2D eigenvalue weighted by Crippen LogP contribution is -2.41. The Labute approximate surface area is 73.6 Å². The summed E-state index contributed by atoms with van der Waals surface area (Å²) in [4.78, 5) is 4.24. The fraction of sp³-hybridized carbons (Fsp3) is 0.875. The summed E-state index contributed by atoms with van der Waals surface area (Å²) in [5.41, 5.74) is 5.67. The van der Waals surface area contributed by atoms with Crippen LogP contribution in [0.25, 0.3) is 0 Å². The highest BCUT2D eigenvalue weighted by Crippen LogP contribution is 1.94. The van der Waals surface area contributed by atoms with Gasteiger partial charge >= 0.3 is 0 Å². The van der Waals surface area contributed by atoms with Crippen LogP contribution >= 0.6 is 0 Å². The Bertz CT molecular complexity index is 164. The van der Waals surface area contributed by atoms with Crippen LogP contribution in [0.1, 0.15) is 20.3 Å². The first kappa shape index (κ1) is 9.32. The van der Waals surface area contributed by atoms with E-state index in [2.05, 4.69) is 22.5 Å². The molecule has 70 valence electrons. The summed E-state index contributed by atoms with van der Waals surface area (Å²) in [6.07, 6.45) is 0.973. The number of aliphatic imine (C=N–C) groups is 1. The number of nitrogens with zero attached hydrogens (tertiary/aromatic N) is 1. The van der Waals surface area contributed by atoms with Gasteiger partial charge in [-0.3, -0.25) is 4.99 Å². The summed E-state index contributed by atoms with van der Waals surface area (Å²) in [5, 5.41) is 6.43. The molecule has 4 nitrogen and oxygen atoms in total. The zero-order valence-electron chi connectivity index (χ0n) is 7.80. The highest BCUT2D eigenvalue weighted by Gasteiger charge is 2.09. The van der Waals surface area contributed by atoms with Crippen LogP contribution in [0.2, 0.25) is 0 Å². The van der Waals surface area contributed by atoms with Crippen molar-refractivity contribution in [2.75, 3.05) is 13.1 Å². The van der Waals surface area contributed by atoms with E-state index >= 15 is 0 Å². The van der Waals surface area contributed by atoms with E-state index < -0.39 is 0 Å². The number of nitrogens with two attached hydrogens (primary N) is 1. The molecule has 0 aromatic heterocycles. The first-order chi connectivity index (χ1) is 5.68. The second-order valence-electron chi connectivity index (χ2n) is 3.42. The van der Waals surface area contributed by atoms with Crippen LogP contribution in [0.4, 0.5) is 0 Å². The van der Waals surface area contributed by atoms with Gasteiger partial charge in [0.05, 0.1) is 6.54 Å². The van der Waals surface area contributed by atoms with Crippen LogP contribution < -0.4 is 16.4 Å². The Morgan fingerprint density at radius 1 is 1.67 bits per heavy atom. The van der Waals surface area contributed by atoms with Crippen molar-refractivity contribution < 1.29 is 0 Å². The number of hydrogen-bond acceptors (Lipinski definition) is 4. The van der Waals surface area contributed by atoms with Crippen molar-refractivity contribution in [2.24, 2.45) is 10.7 Å². The summed E-state index contributed by atoms with van der Waals surface area (Å²) in [6, 6.07) is 0.642. The third-order valence-corrected chi connectivity index (χ3v) is 1.78. The third kappa shape index (κ3) is 3.09. The Kier molecular flexibility index (Phi) is 3.34. The van der Waals surface area contributed by atoms with Crippen molar-refractivity contribution in [3.8, 4) is 0 Å². The standard InChI is InChI=1S/C8H18N4/c1-6(9)5-7(2)12-8-10-3-4-11-8/h6-7H,3-5,9H2,1-2H3,(H2,10,11,12). The van der Waals surface area contributed by atoms with Crippen LogP contribution in [-0.2, 0) is 0 Å². The zero-order chi connectivity index (χ0) is 8.97. The molecule has 1 heterocycles. The summed E-state index contributed by atoms with van der Waals surface area (Å²) >= 11 is 0. The molecule has 2 atom stereocenters. The van der Waals surface area contributed by atoms with Gasteiger partial charge in [-0.15, -0.1) is 0 Å². The average molecular weight is 170 g/mol. The average Bonchev–Trinajstić information content (AvgIpc) is 2.37. The van der Waals surface area contributed by atoms with Gasteiger partial charge in [-0.05, 0) is 20.3 Å². The maximum Gasteiger partial charge on any atom is 0.191 e. The topological polar surface area (TPSA) is 62.4 Å². The van der Waals surface area contributed by atoms with E-state index in [1.807, 2.05) is 6.92 Å². The molecule has 4 heteroatoms. The van der Waals surface area contributed by atoms with Gasteiger partial charge in [0.15, 0.2) is 5.96 Å². The summed E-state index contributed by atoms with van der Waals surface area (Å²) in [7, 11) is 0. The van der Waals surface area contributed by atoms with Gasteiger partial charge in [0.1, 0.15) is 0 Å². The van der Waals surface area contributed by atoms with Gasteiger partial charge in [-0.2, -0.15) is 0 Å². The SMILES string of the molecule is CC(N)CC(C)NC1=NCCN1. The van der Waals surface area contributed by atoms with Crippen LogP contribution in [0, 0.1) is 0 Å². The minimum atomic E-state index is 0.245. The van der Waals surface area contributed by atoms with Crippen LogP contribution in [-0.4, -0.2) is 31.1 Å². The molecule has 2 unspecified atom stereocenters. The fourth-order valence-corrected chi connectivity index (χ4v) is 1.34. The predicted molar refractivity (Wildman–Crippen MR) is 51.2 cm³/mol. The molecule has 0 aromatic carbocycles. The van der Waals surface area contributed by atoms with Crippen molar-refractivity contribution in [3.05, 3.63) is 0 Å². The van der Waals surface area contributed by atoms with E-state index in [1.165, 1.54) is 0 Å². The van der Waals surface area contributed by atoms with Crippen molar-refractivity contribution in [3.63, 3.8) is 0 Å². The van der Waals surface area contributed by atoms with Gasteiger partial charge in [0.2, 0.25) is 0 Å². The molecular weight excluding hydrogens is 152 g/mol. The minimum absolute atomic E-state index is 0.245. The van der Waals surface area contributed by atoms with Crippen molar-refractivity contribution >= 4 is 5.96 Å². The van der Waals surface area contributed by atoms with Gasteiger partial charge in [-0.1, -0.05) is 0 Å². The van der Waals surface area contributed by atoms with E-state index in [0.717, 1.165) is 25.5 Å². The summed E-state index contributed by atoms with van der Waals surface area (Å²) in [5.74, 6) is 0.920. The maximum atomic E-state index is 5.67. The second kappa shape index (κ2) is 4.30. The van der Waals surface area contributed by atoms with Gasteiger partial charge in [0.25, 0.3) is 0 Å². The third-order valence-electron chi connectivity index (χ3n) is 1.78. The monoisotopic (exact) mass is 170 g/mol. The van der Waals surface area contributed by atoms with Crippen molar-refractivity contribution in [1.82, 2.24) is 10.6 Å². The van der Waals surface area contributed by atoms with Gasteiger partial charge in [0, 0.05) is 18.6 Å². The van der Waals surface area contributed by atoms with Gasteiger partial charge < -0.3 is 16.4 Å². The first-order valence-electron chi connectivity index (χ1n) is 4.49. The van der Waals surface area contributed by atoms with Crippen molar-refractivity contribution in [1.29, 1.82) is 0 Å². The highest BCUT2D eigenvalue weighted by atomic mass is 15.2. The Morgan fingerprint density at radius 3 is 2.92 bits per heavy atom. The molecule has 0 saturated carbocycles. The van der Waals surface area contributed by atoms with E-state index in [1.54, 1.807) is 0 Å². The molecule has 0 aromatic rings. The molecule has 0 bridgehead atoms. The van der Waals surface area contributed by atoms with Crippen LogP contribution in [0.5, 0.6) is 0 Å². The smallest absolute Gasteiger partial charge is 0.191 e. The van der Waals surface area contributed by atoms with Crippen LogP contribution in [0.3, 0.4) is 0 Å². The molecule has 1 aliphatic heterocycles. The quantitative estimate of drug-likeness (QED) is 0.543. The molecule has 0 amide bonds. The van der Waals surface area contributed by atoms with E-state index in [-0.39, 0.29) is 6.04 Å². The molecule has 1 aliphatic rings. The molecule has 0 fully saturated rings. The molecule has 0 saturated heterocycles. The minimum Gasteiger partial charge on any atom is -0.355 e. The normalized spacial score (nSPS) is 21.1. The summed E-state index contributed by atoms with van der Waals surface area (Å²) in [6.45, 7) is 5.97. The predicted octanol–water partition coefficient (Wildman–Crippen LogP) is -0.339. The largest absolute Gasteiger partial charge is 0.355 e. The number of nitrogens with one attached hydrogen (secondary N) is 2. The molecule has 0 aliphatic carbocycles. The van der Waals surface area contributed by atoms with Crippen LogP contribution in [0.15, 0.2) is 4.99 Å². The number of guanidine groups is 1. The lowest BCUT2D eigenvalue weighted by atomic mass is 10.1. The lowest BCUT2D eigenvalue weighted by molar-refractivity contribution is 0.537. The molecule has 0 spiro atoms. The lowest BCUT2D eigenvalue weighted by Gasteiger charge is -2.16. The molecule has 1 rings (SSSR count). The highest BCUT2D eigenvalue weighted by molar-refractivity contribution is 5.81. The van der Waals surface area contributed by atoms with Gasteiger partial charge in [-0.25, -0.2) is 0 Å². The second-order valence-corrected chi connectivity index (χ2v) is 3.42. The van der Waals surface area contributed by atoms with E-state index in [0.29, 0.717) is 6.04 Å². The molecular formula is C8H18N4. The Morgan fingerprint density at radius 2 is 2.42 bits per heavy atom. The maximum absolute atomic E-state index is 5.67. The Hall–Kier alpha value is -0.770. The molecule has 4 N–H and O–H groups in total. The number of hydrogen-bond donors (Lipinski definition) is 3. The zero-order valence-corrected chi connectivity index (χ0v) is 7.80. The number of rotatable bonds is 3. The van der Waals surface area contributed by atoms with E-state index in [9.17, 15) is 0 Å². The summed E-state index contributed by atoms with van der Waals surface area (Å²) < 4.78 is 0. The first-order valence-corrected chi connectivity index (χ1v) is 4.49. The molecule has 12 heavy (non-hydrogen) atoms. The van der Waals surface area contributed by atoms with E-state index in [4.69, 9.17) is 5.73 Å². The molecule has 0 radical (unpaired) electrons. The Balaban J connectivity index is 2.21.